The van der Waals surface area contributed by atoms with Crippen LogP contribution in [0.25, 0.3) is 0 Å². The van der Waals surface area contributed by atoms with Gasteiger partial charge in [-0.05, 0) is 49.4 Å². The van der Waals surface area contributed by atoms with Crippen LogP contribution in [0.1, 0.15) is 58.3 Å². The van der Waals surface area contributed by atoms with Crippen molar-refractivity contribution in [3.8, 4) is 0 Å². The topological polar surface area (TPSA) is 37.3 Å². The minimum atomic E-state index is -0.626. The van der Waals surface area contributed by atoms with Gasteiger partial charge in [0.15, 0.2) is 0 Å². The van der Waals surface area contributed by atoms with Crippen LogP contribution in [0, 0.1) is 17.3 Å². The number of carbonyl (C=O) groups is 1. The van der Waals surface area contributed by atoms with Crippen molar-refractivity contribution in [2.45, 2.75) is 58.3 Å². The summed E-state index contributed by atoms with van der Waals surface area (Å²) in [7, 11) is 0. The van der Waals surface area contributed by atoms with Gasteiger partial charge < -0.3 is 5.11 Å². The Balaban J connectivity index is 1.99. The average Bonchev–Trinajstić information content (AvgIpc) is 2.82. The quantitative estimate of drug-likeness (QED) is 0.789. The smallest absolute Gasteiger partial charge is 0.331 e. The summed E-state index contributed by atoms with van der Waals surface area (Å²) in [4.78, 5) is 11.5. The fourth-order valence-electron chi connectivity index (χ4n) is 4.67. The summed E-state index contributed by atoms with van der Waals surface area (Å²) in [6.45, 7) is 2.31. The Kier molecular flexibility index (Phi) is 2.57. The monoisotopic (exact) mass is 234 g/mol. The Hall–Kier alpha value is -0.790. The third kappa shape index (κ3) is 1.64. The van der Waals surface area contributed by atoms with Gasteiger partial charge in [-0.3, -0.25) is 0 Å². The van der Waals surface area contributed by atoms with E-state index in [2.05, 4.69) is 6.92 Å². The highest BCUT2D eigenvalue weighted by Crippen LogP contribution is 2.60. The average molecular weight is 234 g/mol. The van der Waals surface area contributed by atoms with Gasteiger partial charge in [-0.1, -0.05) is 31.8 Å². The maximum Gasteiger partial charge on any atom is 0.331 e. The SMILES string of the molecule is CC12CCC(C1)C(C(=O)O)=C2C1CCCCC1. The molecule has 3 aliphatic carbocycles. The van der Waals surface area contributed by atoms with Crippen molar-refractivity contribution >= 4 is 5.97 Å². The summed E-state index contributed by atoms with van der Waals surface area (Å²) in [6, 6.07) is 0. The van der Waals surface area contributed by atoms with Crippen molar-refractivity contribution in [2.24, 2.45) is 17.3 Å². The molecule has 0 radical (unpaired) electrons. The third-order valence-electron chi connectivity index (χ3n) is 5.33. The first-order valence-corrected chi connectivity index (χ1v) is 7.10. The number of carboxylic acids is 1. The van der Waals surface area contributed by atoms with E-state index in [9.17, 15) is 9.90 Å². The highest BCUT2D eigenvalue weighted by Gasteiger charge is 2.51. The fourth-order valence-corrected chi connectivity index (χ4v) is 4.67. The van der Waals surface area contributed by atoms with Gasteiger partial charge >= 0.3 is 5.97 Å². The molecule has 0 amide bonds. The van der Waals surface area contributed by atoms with E-state index in [4.69, 9.17) is 0 Å². The molecule has 2 nitrogen and oxygen atoms in total. The molecule has 17 heavy (non-hydrogen) atoms. The second-order valence-electron chi connectivity index (χ2n) is 6.47. The van der Waals surface area contributed by atoms with Crippen LogP contribution in [0.15, 0.2) is 11.1 Å². The van der Waals surface area contributed by atoms with E-state index >= 15 is 0 Å². The van der Waals surface area contributed by atoms with Gasteiger partial charge in [-0.15, -0.1) is 0 Å². The largest absolute Gasteiger partial charge is 0.478 e. The van der Waals surface area contributed by atoms with E-state index < -0.39 is 5.97 Å². The Morgan fingerprint density at radius 2 is 1.88 bits per heavy atom. The molecule has 2 unspecified atom stereocenters. The molecule has 0 aromatic rings. The molecule has 0 spiro atoms. The highest BCUT2D eigenvalue weighted by molar-refractivity contribution is 5.89. The molecule has 0 saturated heterocycles. The molecule has 3 rings (SSSR count). The first kappa shape index (κ1) is 11.3. The van der Waals surface area contributed by atoms with E-state index in [1.165, 1.54) is 44.1 Å². The van der Waals surface area contributed by atoms with Crippen LogP contribution in [-0.2, 0) is 4.79 Å². The van der Waals surface area contributed by atoms with Gasteiger partial charge in [0.1, 0.15) is 0 Å². The van der Waals surface area contributed by atoms with Crippen LogP contribution < -0.4 is 0 Å². The maximum atomic E-state index is 11.5. The van der Waals surface area contributed by atoms with E-state index in [0.717, 1.165) is 18.4 Å². The third-order valence-corrected chi connectivity index (χ3v) is 5.33. The van der Waals surface area contributed by atoms with Crippen molar-refractivity contribution in [2.75, 3.05) is 0 Å². The second-order valence-corrected chi connectivity index (χ2v) is 6.47. The molecule has 0 heterocycles. The molecule has 0 aliphatic heterocycles. The summed E-state index contributed by atoms with van der Waals surface area (Å²) >= 11 is 0. The van der Waals surface area contributed by atoms with Gasteiger partial charge in [0.05, 0.1) is 0 Å². The summed E-state index contributed by atoms with van der Waals surface area (Å²) in [5, 5.41) is 9.49. The molecule has 2 bridgehead atoms. The lowest BCUT2D eigenvalue weighted by Crippen LogP contribution is -2.25. The number of carboxylic acid groups (broad SMARTS) is 1. The summed E-state index contributed by atoms with van der Waals surface area (Å²) in [5.41, 5.74) is 2.42. The lowest BCUT2D eigenvalue weighted by atomic mass is 9.70. The zero-order valence-corrected chi connectivity index (χ0v) is 10.7. The molecule has 3 aliphatic rings. The fraction of sp³-hybridized carbons (Fsp3) is 0.800. The van der Waals surface area contributed by atoms with Crippen LogP contribution in [0.4, 0.5) is 0 Å². The van der Waals surface area contributed by atoms with Gasteiger partial charge in [0, 0.05) is 5.57 Å². The molecular formula is C15H22O2. The lowest BCUT2D eigenvalue weighted by Gasteiger charge is -2.35. The first-order valence-electron chi connectivity index (χ1n) is 7.10. The second kappa shape index (κ2) is 3.86. The van der Waals surface area contributed by atoms with Gasteiger partial charge in [-0.2, -0.15) is 0 Å². The van der Waals surface area contributed by atoms with E-state index in [1.807, 2.05) is 0 Å². The number of rotatable bonds is 2. The van der Waals surface area contributed by atoms with Gasteiger partial charge in [0.2, 0.25) is 0 Å². The molecule has 2 saturated carbocycles. The maximum absolute atomic E-state index is 11.5. The molecule has 0 aromatic carbocycles. The Bertz CT molecular complexity index is 376. The summed E-state index contributed by atoms with van der Waals surface area (Å²) in [5.74, 6) is 0.332. The normalized spacial score (nSPS) is 37.8. The predicted molar refractivity (Wildman–Crippen MR) is 66.7 cm³/mol. The molecule has 2 fully saturated rings. The molecule has 1 N–H and O–H groups in total. The van der Waals surface area contributed by atoms with Crippen LogP contribution in [-0.4, -0.2) is 11.1 Å². The molecule has 94 valence electrons. The van der Waals surface area contributed by atoms with E-state index in [-0.39, 0.29) is 5.41 Å². The van der Waals surface area contributed by atoms with Crippen LogP contribution >= 0.6 is 0 Å². The van der Waals surface area contributed by atoms with Crippen LogP contribution in [0.3, 0.4) is 0 Å². The van der Waals surface area contributed by atoms with Crippen molar-refractivity contribution in [1.82, 2.24) is 0 Å². The Morgan fingerprint density at radius 1 is 1.18 bits per heavy atom. The number of hydrogen-bond donors (Lipinski definition) is 1. The van der Waals surface area contributed by atoms with Crippen LogP contribution in [0.5, 0.6) is 0 Å². The Labute approximate surface area is 103 Å². The molecular weight excluding hydrogens is 212 g/mol. The molecule has 2 atom stereocenters. The Morgan fingerprint density at radius 3 is 2.53 bits per heavy atom. The lowest BCUT2D eigenvalue weighted by molar-refractivity contribution is -0.133. The van der Waals surface area contributed by atoms with Crippen molar-refractivity contribution < 1.29 is 9.90 Å². The number of aliphatic carboxylic acids is 1. The predicted octanol–water partition coefficient (Wildman–Crippen LogP) is 3.77. The van der Waals surface area contributed by atoms with Gasteiger partial charge in [0.25, 0.3) is 0 Å². The van der Waals surface area contributed by atoms with Crippen LogP contribution in [0.2, 0.25) is 0 Å². The number of fused-ring (bicyclic) bond motifs is 2. The molecule has 2 heteroatoms. The van der Waals surface area contributed by atoms with Gasteiger partial charge in [-0.25, -0.2) is 4.79 Å². The zero-order valence-electron chi connectivity index (χ0n) is 10.7. The standard InChI is InChI=1S/C15H22O2/c1-15-8-7-11(9-15)12(14(16)17)13(15)10-5-3-2-4-6-10/h10-11H,2-9H2,1H3,(H,16,17). The number of allylic oxidation sites excluding steroid dienone is 1. The summed E-state index contributed by atoms with van der Waals surface area (Å²) < 4.78 is 0. The zero-order chi connectivity index (χ0) is 12.0. The highest BCUT2D eigenvalue weighted by atomic mass is 16.4. The van der Waals surface area contributed by atoms with Crippen molar-refractivity contribution in [1.29, 1.82) is 0 Å². The summed E-state index contributed by atoms with van der Waals surface area (Å²) in [6.07, 6.45) is 9.83. The van der Waals surface area contributed by atoms with Crippen molar-refractivity contribution in [3.05, 3.63) is 11.1 Å². The van der Waals surface area contributed by atoms with E-state index in [1.54, 1.807) is 0 Å². The molecule has 0 aromatic heterocycles. The minimum absolute atomic E-state index is 0.237. The van der Waals surface area contributed by atoms with E-state index in [0.29, 0.717) is 11.8 Å². The first-order chi connectivity index (χ1) is 8.12. The minimum Gasteiger partial charge on any atom is -0.478 e. The number of hydrogen-bond acceptors (Lipinski definition) is 1. The van der Waals surface area contributed by atoms with Crippen molar-refractivity contribution in [3.63, 3.8) is 0 Å².